The summed E-state index contributed by atoms with van der Waals surface area (Å²) in [6, 6.07) is 14.4. The molecule has 28 heavy (non-hydrogen) atoms. The molecule has 0 atom stereocenters. The van der Waals surface area contributed by atoms with Crippen LogP contribution >= 0.6 is 35.6 Å². The van der Waals surface area contributed by atoms with Crippen molar-refractivity contribution in [3.8, 4) is 0 Å². The maximum absolute atomic E-state index is 11.3. The first kappa shape index (κ1) is 24.7. The highest BCUT2D eigenvalue weighted by Gasteiger charge is 2.06. The molecule has 154 valence electrons. The molecule has 0 bridgehead atoms. The topological polar surface area (TPSA) is 96.6 Å². The van der Waals surface area contributed by atoms with Gasteiger partial charge in [0, 0.05) is 24.7 Å². The summed E-state index contributed by atoms with van der Waals surface area (Å²) in [5.41, 5.74) is 2.21. The third kappa shape index (κ3) is 8.76. The molecule has 0 aliphatic heterocycles. The van der Waals surface area contributed by atoms with Gasteiger partial charge >= 0.3 is 0 Å². The number of primary sulfonamides is 1. The maximum Gasteiger partial charge on any atom is 0.238 e. The van der Waals surface area contributed by atoms with Crippen molar-refractivity contribution in [1.29, 1.82) is 0 Å². The number of sulfonamides is 1. The van der Waals surface area contributed by atoms with E-state index in [1.807, 2.05) is 31.2 Å². The molecule has 0 fully saturated rings. The summed E-state index contributed by atoms with van der Waals surface area (Å²) < 4.78 is 22.5. The zero-order valence-corrected chi connectivity index (χ0v) is 19.6. The first-order valence-electron chi connectivity index (χ1n) is 8.77. The summed E-state index contributed by atoms with van der Waals surface area (Å²) in [5.74, 6) is 0.757. The normalized spacial score (nSPS) is 11.6. The molecule has 2 aromatic rings. The second-order valence-electron chi connectivity index (χ2n) is 6.00. The third-order valence-corrected chi connectivity index (χ3v) is 5.07. The van der Waals surface area contributed by atoms with Crippen molar-refractivity contribution >= 4 is 51.6 Å². The van der Waals surface area contributed by atoms with Crippen LogP contribution in [0.2, 0.25) is 5.02 Å². The number of rotatable bonds is 8. The second kappa shape index (κ2) is 12.3. The molecule has 0 heterocycles. The number of nitrogens with one attached hydrogen (secondary N) is 2. The summed E-state index contributed by atoms with van der Waals surface area (Å²) in [7, 11) is -3.65. The number of guanidine groups is 1. The lowest BCUT2D eigenvalue weighted by molar-refractivity contribution is 0.598. The predicted molar refractivity (Wildman–Crippen MR) is 126 cm³/mol. The van der Waals surface area contributed by atoms with E-state index in [0.717, 1.165) is 36.1 Å². The van der Waals surface area contributed by atoms with E-state index < -0.39 is 10.0 Å². The lowest BCUT2D eigenvalue weighted by Gasteiger charge is -2.11. The Morgan fingerprint density at radius 2 is 1.57 bits per heavy atom. The van der Waals surface area contributed by atoms with Gasteiger partial charge in [-0.05, 0) is 55.2 Å². The quantitative estimate of drug-likeness (QED) is 0.275. The molecule has 0 saturated carbocycles. The zero-order chi connectivity index (χ0) is 19.7. The Kier molecular flexibility index (Phi) is 10.8. The maximum atomic E-state index is 11.3. The van der Waals surface area contributed by atoms with Crippen molar-refractivity contribution in [3.63, 3.8) is 0 Å². The highest BCUT2D eigenvalue weighted by molar-refractivity contribution is 14.0. The van der Waals surface area contributed by atoms with Crippen LogP contribution < -0.4 is 15.8 Å². The van der Waals surface area contributed by atoms with E-state index in [9.17, 15) is 8.42 Å². The molecule has 0 aliphatic carbocycles. The Morgan fingerprint density at radius 3 is 2.14 bits per heavy atom. The van der Waals surface area contributed by atoms with Gasteiger partial charge in [0.2, 0.25) is 10.0 Å². The molecular weight excluding hydrogens is 511 g/mol. The third-order valence-electron chi connectivity index (χ3n) is 3.89. The van der Waals surface area contributed by atoms with Crippen LogP contribution in [-0.2, 0) is 22.9 Å². The van der Waals surface area contributed by atoms with Gasteiger partial charge < -0.3 is 10.6 Å². The van der Waals surface area contributed by atoms with Crippen molar-refractivity contribution in [3.05, 3.63) is 64.7 Å². The van der Waals surface area contributed by atoms with E-state index in [4.69, 9.17) is 16.7 Å². The van der Waals surface area contributed by atoms with E-state index >= 15 is 0 Å². The first-order valence-corrected chi connectivity index (χ1v) is 10.7. The van der Waals surface area contributed by atoms with Crippen LogP contribution in [0.15, 0.2) is 58.4 Å². The minimum Gasteiger partial charge on any atom is -0.357 e. The van der Waals surface area contributed by atoms with Gasteiger partial charge in [0.05, 0.1) is 4.90 Å². The van der Waals surface area contributed by atoms with Crippen molar-refractivity contribution in [2.45, 2.75) is 24.7 Å². The molecule has 0 aliphatic rings. The van der Waals surface area contributed by atoms with Crippen LogP contribution in [-0.4, -0.2) is 34.0 Å². The molecule has 0 aromatic heterocycles. The summed E-state index contributed by atoms with van der Waals surface area (Å²) in [6.07, 6.45) is 1.58. The number of hydrogen-bond donors (Lipinski definition) is 3. The smallest absolute Gasteiger partial charge is 0.238 e. The number of nitrogens with two attached hydrogens (primary N) is 1. The van der Waals surface area contributed by atoms with Gasteiger partial charge in [-0.3, -0.25) is 4.99 Å². The molecule has 6 nitrogen and oxygen atoms in total. The Labute approximate surface area is 189 Å². The average molecular weight is 537 g/mol. The van der Waals surface area contributed by atoms with Crippen molar-refractivity contribution in [1.82, 2.24) is 10.6 Å². The Hall–Kier alpha value is -1.36. The van der Waals surface area contributed by atoms with Gasteiger partial charge in [-0.25, -0.2) is 13.6 Å². The molecule has 0 amide bonds. The number of nitrogens with zero attached hydrogens (tertiary/aromatic N) is 1. The van der Waals surface area contributed by atoms with Crippen LogP contribution in [0.3, 0.4) is 0 Å². The fourth-order valence-corrected chi connectivity index (χ4v) is 3.10. The second-order valence-corrected chi connectivity index (χ2v) is 8.00. The molecule has 2 aromatic carbocycles. The van der Waals surface area contributed by atoms with Gasteiger partial charge in [-0.15, -0.1) is 24.0 Å². The average Bonchev–Trinajstić information content (AvgIpc) is 2.63. The van der Waals surface area contributed by atoms with Crippen LogP contribution in [0.25, 0.3) is 0 Å². The molecule has 4 N–H and O–H groups in total. The lowest BCUT2D eigenvalue weighted by Crippen LogP contribution is -2.38. The molecule has 0 spiro atoms. The van der Waals surface area contributed by atoms with Crippen LogP contribution in [0.5, 0.6) is 0 Å². The minimum absolute atomic E-state index is 0. The fourth-order valence-electron chi connectivity index (χ4n) is 2.46. The molecule has 0 unspecified atom stereocenters. The van der Waals surface area contributed by atoms with E-state index in [1.54, 1.807) is 12.1 Å². The number of aliphatic imine (C=N–C) groups is 1. The van der Waals surface area contributed by atoms with Gasteiger partial charge in [0.15, 0.2) is 5.96 Å². The molecular formula is C19H26ClIN4O2S. The highest BCUT2D eigenvalue weighted by atomic mass is 127. The molecule has 2 rings (SSSR count). The Morgan fingerprint density at radius 1 is 1.00 bits per heavy atom. The Balaban J connectivity index is 0.00000392. The predicted octanol–water partition coefficient (Wildman–Crippen LogP) is 2.95. The van der Waals surface area contributed by atoms with Crippen molar-refractivity contribution < 1.29 is 8.42 Å². The van der Waals surface area contributed by atoms with Crippen LogP contribution in [0.4, 0.5) is 0 Å². The summed E-state index contributed by atoms with van der Waals surface area (Å²) >= 11 is 5.90. The van der Waals surface area contributed by atoms with E-state index in [-0.39, 0.29) is 28.9 Å². The highest BCUT2D eigenvalue weighted by Crippen LogP contribution is 2.10. The van der Waals surface area contributed by atoms with Gasteiger partial charge in [0.25, 0.3) is 0 Å². The monoisotopic (exact) mass is 536 g/mol. The SMILES string of the molecule is CCNC(=NCCc1ccc(S(N)(=O)=O)cc1)NCCc1ccc(Cl)cc1.I. The molecule has 0 radical (unpaired) electrons. The summed E-state index contributed by atoms with van der Waals surface area (Å²) in [4.78, 5) is 4.67. The van der Waals surface area contributed by atoms with Crippen LogP contribution in [0, 0.1) is 0 Å². The standard InChI is InChI=1S/C19H25ClN4O2S.HI/c1-2-22-19(23-13-11-15-3-7-17(20)8-4-15)24-14-12-16-5-9-18(10-6-16)27(21,25)26;/h3-10H,2,11-14H2,1H3,(H2,21,25,26)(H2,22,23,24);1H. The Bertz CT molecular complexity index is 857. The van der Waals surface area contributed by atoms with Gasteiger partial charge in [-0.1, -0.05) is 35.9 Å². The lowest BCUT2D eigenvalue weighted by atomic mass is 10.1. The van der Waals surface area contributed by atoms with E-state index in [2.05, 4.69) is 15.6 Å². The zero-order valence-electron chi connectivity index (χ0n) is 15.7. The number of hydrogen-bond acceptors (Lipinski definition) is 3. The fraction of sp³-hybridized carbons (Fsp3) is 0.316. The van der Waals surface area contributed by atoms with Gasteiger partial charge in [-0.2, -0.15) is 0 Å². The summed E-state index contributed by atoms with van der Waals surface area (Å²) in [5, 5.41) is 12.4. The van der Waals surface area contributed by atoms with Crippen molar-refractivity contribution in [2.24, 2.45) is 10.1 Å². The number of halogens is 2. The molecule has 0 saturated heterocycles. The largest absolute Gasteiger partial charge is 0.357 e. The summed E-state index contributed by atoms with van der Waals surface area (Å²) in [6.45, 7) is 4.14. The first-order chi connectivity index (χ1) is 12.9. The minimum atomic E-state index is -3.65. The van der Waals surface area contributed by atoms with Crippen LogP contribution in [0.1, 0.15) is 18.1 Å². The van der Waals surface area contributed by atoms with E-state index in [0.29, 0.717) is 13.0 Å². The van der Waals surface area contributed by atoms with Crippen molar-refractivity contribution in [2.75, 3.05) is 19.6 Å². The van der Waals surface area contributed by atoms with Gasteiger partial charge in [0.1, 0.15) is 0 Å². The van der Waals surface area contributed by atoms with E-state index in [1.165, 1.54) is 17.7 Å². The molecule has 9 heteroatoms. The number of benzene rings is 2.